The molecule has 0 aliphatic carbocycles. The average Bonchev–Trinajstić information content (AvgIpc) is 2.76. The molecular formula is C16H16ClN3. The smallest absolute Gasteiger partial charge is 0.126 e. The highest BCUT2D eigenvalue weighted by Crippen LogP contribution is 2.23. The lowest BCUT2D eigenvalue weighted by Crippen LogP contribution is -2.17. The summed E-state index contributed by atoms with van der Waals surface area (Å²) >= 11 is 6.01. The number of aryl methyl sites for hydroxylation is 1. The Morgan fingerprint density at radius 1 is 1.20 bits per heavy atom. The maximum atomic E-state index is 6.31. The molecule has 0 radical (unpaired) electrons. The zero-order chi connectivity index (χ0) is 14.1. The quantitative estimate of drug-likeness (QED) is 0.801. The van der Waals surface area contributed by atoms with Gasteiger partial charge in [-0.25, -0.2) is 4.98 Å². The fourth-order valence-corrected chi connectivity index (χ4v) is 2.65. The number of hydrogen-bond acceptors (Lipinski definition) is 2. The molecule has 1 unspecified atom stereocenters. The molecule has 1 atom stereocenters. The lowest BCUT2D eigenvalue weighted by Gasteiger charge is -2.11. The van der Waals surface area contributed by atoms with Gasteiger partial charge in [-0.1, -0.05) is 41.9 Å². The Morgan fingerprint density at radius 2 is 1.95 bits per heavy atom. The van der Waals surface area contributed by atoms with Gasteiger partial charge in [-0.2, -0.15) is 0 Å². The van der Waals surface area contributed by atoms with E-state index in [1.54, 1.807) is 0 Å². The highest BCUT2D eigenvalue weighted by Gasteiger charge is 2.15. The van der Waals surface area contributed by atoms with Gasteiger partial charge in [-0.15, -0.1) is 0 Å². The Balaban J connectivity index is 1.95. The van der Waals surface area contributed by atoms with Gasteiger partial charge in [0, 0.05) is 12.1 Å². The maximum absolute atomic E-state index is 6.31. The van der Waals surface area contributed by atoms with Crippen LogP contribution in [0, 0.1) is 0 Å². The predicted molar refractivity (Wildman–Crippen MR) is 82.8 cm³/mol. The Hall–Kier alpha value is -1.84. The van der Waals surface area contributed by atoms with Crippen LogP contribution in [0.1, 0.15) is 17.4 Å². The van der Waals surface area contributed by atoms with Gasteiger partial charge >= 0.3 is 0 Å². The molecule has 0 saturated carbocycles. The molecule has 2 aromatic carbocycles. The minimum atomic E-state index is -0.131. The molecule has 1 aromatic heterocycles. The second-order valence-electron chi connectivity index (χ2n) is 4.96. The van der Waals surface area contributed by atoms with Crippen LogP contribution in [0.15, 0.2) is 48.5 Å². The molecule has 4 heteroatoms. The minimum Gasteiger partial charge on any atom is -0.330 e. The fraction of sp³-hybridized carbons (Fsp3) is 0.188. The molecule has 102 valence electrons. The van der Waals surface area contributed by atoms with E-state index < -0.39 is 0 Å². The number of fused-ring (bicyclic) bond motifs is 1. The number of rotatable bonds is 3. The van der Waals surface area contributed by atoms with Crippen LogP contribution in [0.3, 0.4) is 0 Å². The summed E-state index contributed by atoms with van der Waals surface area (Å²) in [5.74, 6) is 0.881. The second kappa shape index (κ2) is 5.27. The topological polar surface area (TPSA) is 43.8 Å². The van der Waals surface area contributed by atoms with Crippen molar-refractivity contribution in [1.82, 2.24) is 9.55 Å². The molecule has 0 aliphatic heterocycles. The number of nitrogens with two attached hydrogens (primary N) is 1. The monoisotopic (exact) mass is 285 g/mol. The zero-order valence-electron chi connectivity index (χ0n) is 11.3. The third kappa shape index (κ3) is 2.42. The van der Waals surface area contributed by atoms with Gasteiger partial charge in [0.15, 0.2) is 0 Å². The van der Waals surface area contributed by atoms with E-state index in [0.29, 0.717) is 5.02 Å². The van der Waals surface area contributed by atoms with Crippen LogP contribution < -0.4 is 5.73 Å². The summed E-state index contributed by atoms with van der Waals surface area (Å²) in [6.07, 6.45) is 0.770. The highest BCUT2D eigenvalue weighted by molar-refractivity contribution is 6.31. The van der Waals surface area contributed by atoms with Crippen molar-refractivity contribution in [2.45, 2.75) is 12.5 Å². The van der Waals surface area contributed by atoms with Gasteiger partial charge < -0.3 is 10.3 Å². The molecule has 3 aromatic rings. The molecule has 20 heavy (non-hydrogen) atoms. The first-order valence-corrected chi connectivity index (χ1v) is 6.94. The summed E-state index contributed by atoms with van der Waals surface area (Å²) in [5, 5.41) is 0.693. The van der Waals surface area contributed by atoms with E-state index in [2.05, 4.69) is 17.1 Å². The predicted octanol–water partition coefficient (Wildman–Crippen LogP) is 3.47. The number of benzene rings is 2. The highest BCUT2D eigenvalue weighted by atomic mass is 35.5. The van der Waals surface area contributed by atoms with Crippen LogP contribution in [0.25, 0.3) is 11.0 Å². The van der Waals surface area contributed by atoms with Crippen molar-refractivity contribution in [3.05, 3.63) is 64.9 Å². The van der Waals surface area contributed by atoms with Crippen LogP contribution in [-0.4, -0.2) is 9.55 Å². The number of aromatic nitrogens is 2. The Morgan fingerprint density at radius 3 is 2.70 bits per heavy atom. The van der Waals surface area contributed by atoms with Crippen molar-refractivity contribution >= 4 is 22.6 Å². The SMILES string of the molecule is Cn1c(C(N)Cc2ccccc2)nc2cc(Cl)ccc21. The van der Waals surface area contributed by atoms with E-state index in [9.17, 15) is 0 Å². The third-order valence-corrected chi connectivity index (χ3v) is 3.74. The lowest BCUT2D eigenvalue weighted by molar-refractivity contribution is 0.638. The van der Waals surface area contributed by atoms with E-state index in [-0.39, 0.29) is 6.04 Å². The van der Waals surface area contributed by atoms with E-state index in [4.69, 9.17) is 17.3 Å². The fourth-order valence-electron chi connectivity index (χ4n) is 2.48. The normalized spacial score (nSPS) is 12.8. The largest absolute Gasteiger partial charge is 0.330 e. The zero-order valence-corrected chi connectivity index (χ0v) is 12.0. The summed E-state index contributed by atoms with van der Waals surface area (Å²) in [5.41, 5.74) is 9.46. The van der Waals surface area contributed by atoms with Crippen LogP contribution in [0.2, 0.25) is 5.02 Å². The van der Waals surface area contributed by atoms with Crippen molar-refractivity contribution in [1.29, 1.82) is 0 Å². The average molecular weight is 286 g/mol. The van der Waals surface area contributed by atoms with Gasteiger partial charge in [0.2, 0.25) is 0 Å². The second-order valence-corrected chi connectivity index (χ2v) is 5.39. The van der Waals surface area contributed by atoms with Gasteiger partial charge in [0.1, 0.15) is 5.82 Å². The molecule has 2 N–H and O–H groups in total. The molecule has 0 spiro atoms. The molecular weight excluding hydrogens is 270 g/mol. The van der Waals surface area contributed by atoms with Crippen molar-refractivity contribution < 1.29 is 0 Å². The molecule has 0 saturated heterocycles. The van der Waals surface area contributed by atoms with Gasteiger partial charge in [-0.05, 0) is 30.2 Å². The number of halogens is 1. The van der Waals surface area contributed by atoms with Gasteiger partial charge in [-0.3, -0.25) is 0 Å². The number of nitrogens with zero attached hydrogens (tertiary/aromatic N) is 2. The molecule has 0 aliphatic rings. The van der Waals surface area contributed by atoms with Crippen LogP contribution >= 0.6 is 11.6 Å². The van der Waals surface area contributed by atoms with Crippen molar-refractivity contribution in [3.63, 3.8) is 0 Å². The Labute approximate surface area is 123 Å². The van der Waals surface area contributed by atoms with Gasteiger partial charge in [0.05, 0.1) is 17.1 Å². The number of imidazole rings is 1. The molecule has 0 amide bonds. The summed E-state index contributed by atoms with van der Waals surface area (Å²) in [4.78, 5) is 4.62. The van der Waals surface area contributed by atoms with Crippen molar-refractivity contribution in [2.24, 2.45) is 12.8 Å². The van der Waals surface area contributed by atoms with Crippen LogP contribution in [-0.2, 0) is 13.5 Å². The first kappa shape index (κ1) is 13.2. The van der Waals surface area contributed by atoms with E-state index in [1.165, 1.54) is 5.56 Å². The first-order chi connectivity index (χ1) is 9.65. The third-order valence-electron chi connectivity index (χ3n) is 3.51. The summed E-state index contributed by atoms with van der Waals surface area (Å²) in [7, 11) is 1.99. The molecule has 3 rings (SSSR count). The number of hydrogen-bond donors (Lipinski definition) is 1. The minimum absolute atomic E-state index is 0.131. The van der Waals surface area contributed by atoms with Crippen molar-refractivity contribution in [2.75, 3.05) is 0 Å². The molecule has 3 nitrogen and oxygen atoms in total. The summed E-state index contributed by atoms with van der Waals surface area (Å²) in [6.45, 7) is 0. The molecule has 0 bridgehead atoms. The lowest BCUT2D eigenvalue weighted by atomic mass is 10.1. The Kier molecular flexibility index (Phi) is 3.47. The molecule has 0 fully saturated rings. The molecule has 1 heterocycles. The van der Waals surface area contributed by atoms with Gasteiger partial charge in [0.25, 0.3) is 0 Å². The van der Waals surface area contributed by atoms with Crippen LogP contribution in [0.4, 0.5) is 0 Å². The Bertz CT molecular complexity index is 734. The van der Waals surface area contributed by atoms with Crippen molar-refractivity contribution in [3.8, 4) is 0 Å². The maximum Gasteiger partial charge on any atom is 0.126 e. The van der Waals surface area contributed by atoms with E-state index in [1.807, 2.05) is 48.0 Å². The first-order valence-electron chi connectivity index (χ1n) is 6.56. The van der Waals surface area contributed by atoms with Crippen LogP contribution in [0.5, 0.6) is 0 Å². The summed E-state index contributed by atoms with van der Waals surface area (Å²) < 4.78 is 2.04. The summed E-state index contributed by atoms with van der Waals surface area (Å²) in [6, 6.07) is 15.8. The standard InChI is InChI=1S/C16H16ClN3/c1-20-15-8-7-12(17)10-14(15)19-16(20)13(18)9-11-5-3-2-4-6-11/h2-8,10,13H,9,18H2,1H3. The van der Waals surface area contributed by atoms with E-state index in [0.717, 1.165) is 23.3 Å². The van der Waals surface area contributed by atoms with E-state index >= 15 is 0 Å².